The van der Waals surface area contributed by atoms with Gasteiger partial charge in [-0.05, 0) is 48.2 Å². The van der Waals surface area contributed by atoms with Gasteiger partial charge in [0.2, 0.25) is 5.91 Å². The van der Waals surface area contributed by atoms with E-state index in [1.165, 1.54) is 0 Å². The Morgan fingerprint density at radius 3 is 2.58 bits per heavy atom. The van der Waals surface area contributed by atoms with E-state index in [-0.39, 0.29) is 11.8 Å². The number of nitrogens with one attached hydrogen (secondary N) is 2. The van der Waals surface area contributed by atoms with Gasteiger partial charge in [-0.15, -0.1) is 0 Å². The maximum atomic E-state index is 12.0. The number of carbonyl (C=O) groups excluding carboxylic acids is 2. The summed E-state index contributed by atoms with van der Waals surface area (Å²) in [5.74, 6) is -0.170. The molecule has 2 amide bonds. The Kier molecular flexibility index (Phi) is 6.38. The minimum atomic E-state index is -0.139. The lowest BCUT2D eigenvalue weighted by Gasteiger charge is -2.08. The molecule has 0 spiro atoms. The van der Waals surface area contributed by atoms with E-state index in [9.17, 15) is 9.59 Å². The van der Waals surface area contributed by atoms with Crippen LogP contribution in [0.3, 0.4) is 0 Å². The summed E-state index contributed by atoms with van der Waals surface area (Å²) in [5.41, 5.74) is 3.55. The summed E-state index contributed by atoms with van der Waals surface area (Å²) in [6.07, 6.45) is 1.04. The smallest absolute Gasteiger partial charge is 0.251 e. The van der Waals surface area contributed by atoms with Crippen LogP contribution >= 0.6 is 11.6 Å². The molecular formula is C19H21ClN2O2. The van der Waals surface area contributed by atoms with E-state index in [0.717, 1.165) is 21.7 Å². The predicted molar refractivity (Wildman–Crippen MR) is 96.2 cm³/mol. The molecule has 0 aromatic heterocycles. The number of hydrogen-bond acceptors (Lipinski definition) is 2. The molecule has 0 unspecified atom stereocenters. The first-order chi connectivity index (χ1) is 11.5. The molecule has 0 aliphatic heterocycles. The van der Waals surface area contributed by atoms with E-state index in [0.29, 0.717) is 24.9 Å². The third-order valence-corrected chi connectivity index (χ3v) is 4.19. The highest BCUT2D eigenvalue weighted by molar-refractivity contribution is 6.31. The fourth-order valence-electron chi connectivity index (χ4n) is 2.31. The first-order valence-electron chi connectivity index (χ1n) is 7.82. The summed E-state index contributed by atoms with van der Waals surface area (Å²) < 4.78 is 0. The molecule has 24 heavy (non-hydrogen) atoms. The Bertz CT molecular complexity index is 744. The van der Waals surface area contributed by atoms with Crippen LogP contribution in [-0.2, 0) is 17.8 Å². The second-order valence-corrected chi connectivity index (χ2v) is 6.05. The molecule has 2 rings (SSSR count). The van der Waals surface area contributed by atoms with Crippen molar-refractivity contribution in [2.45, 2.75) is 26.3 Å². The number of carbonyl (C=O) groups is 2. The molecule has 0 bridgehead atoms. The molecule has 2 N–H and O–H groups in total. The van der Waals surface area contributed by atoms with Crippen LogP contribution in [0.4, 0.5) is 0 Å². The zero-order chi connectivity index (χ0) is 17.5. The van der Waals surface area contributed by atoms with Gasteiger partial charge in [0.25, 0.3) is 5.91 Å². The van der Waals surface area contributed by atoms with Crippen molar-refractivity contribution in [1.29, 1.82) is 0 Å². The average molecular weight is 345 g/mol. The highest BCUT2D eigenvalue weighted by Crippen LogP contribution is 2.17. The number of hydrogen-bond donors (Lipinski definition) is 2. The van der Waals surface area contributed by atoms with Crippen molar-refractivity contribution in [2.24, 2.45) is 0 Å². The molecule has 0 atom stereocenters. The van der Waals surface area contributed by atoms with Crippen LogP contribution in [0, 0.1) is 6.92 Å². The average Bonchev–Trinajstić information content (AvgIpc) is 2.60. The van der Waals surface area contributed by atoms with Crippen molar-refractivity contribution in [3.63, 3.8) is 0 Å². The van der Waals surface area contributed by atoms with E-state index in [2.05, 4.69) is 10.6 Å². The van der Waals surface area contributed by atoms with E-state index in [1.807, 2.05) is 31.2 Å². The Balaban J connectivity index is 1.84. The fraction of sp³-hybridized carbons (Fsp3) is 0.263. The molecule has 0 saturated carbocycles. The Morgan fingerprint density at radius 1 is 1.08 bits per heavy atom. The lowest BCUT2D eigenvalue weighted by molar-refractivity contribution is -0.121. The quantitative estimate of drug-likeness (QED) is 0.845. The second kappa shape index (κ2) is 8.50. The van der Waals surface area contributed by atoms with Crippen molar-refractivity contribution in [3.05, 3.63) is 69.7 Å². The molecule has 2 aromatic carbocycles. The predicted octanol–water partition coefficient (Wildman–Crippen LogP) is 3.26. The lowest BCUT2D eigenvalue weighted by atomic mass is 10.1. The third-order valence-electron chi connectivity index (χ3n) is 3.78. The van der Waals surface area contributed by atoms with Crippen molar-refractivity contribution in [1.82, 2.24) is 10.6 Å². The molecule has 0 heterocycles. The number of rotatable bonds is 6. The maximum Gasteiger partial charge on any atom is 0.251 e. The monoisotopic (exact) mass is 344 g/mol. The fourth-order valence-corrected chi connectivity index (χ4v) is 2.51. The van der Waals surface area contributed by atoms with E-state index in [1.54, 1.807) is 25.2 Å². The van der Waals surface area contributed by atoms with Crippen LogP contribution in [0.25, 0.3) is 0 Å². The van der Waals surface area contributed by atoms with Gasteiger partial charge in [0, 0.05) is 30.6 Å². The summed E-state index contributed by atoms with van der Waals surface area (Å²) in [5, 5.41) is 6.18. The molecule has 126 valence electrons. The largest absolute Gasteiger partial charge is 0.355 e. The molecule has 4 nitrogen and oxygen atoms in total. The van der Waals surface area contributed by atoms with Crippen molar-refractivity contribution >= 4 is 23.4 Å². The van der Waals surface area contributed by atoms with Crippen molar-refractivity contribution in [2.75, 3.05) is 7.05 Å². The molecule has 0 aliphatic rings. The van der Waals surface area contributed by atoms with Crippen molar-refractivity contribution < 1.29 is 9.59 Å². The molecule has 5 heteroatoms. The van der Waals surface area contributed by atoms with Crippen molar-refractivity contribution in [3.8, 4) is 0 Å². The Morgan fingerprint density at radius 2 is 1.88 bits per heavy atom. The van der Waals surface area contributed by atoms with Gasteiger partial charge in [0.15, 0.2) is 0 Å². The highest BCUT2D eigenvalue weighted by atomic mass is 35.5. The van der Waals surface area contributed by atoms with Gasteiger partial charge in [-0.1, -0.05) is 35.9 Å². The summed E-state index contributed by atoms with van der Waals surface area (Å²) >= 11 is 6.09. The molecule has 0 aliphatic carbocycles. The van der Waals surface area contributed by atoms with Crippen LogP contribution in [-0.4, -0.2) is 18.9 Å². The molecular weight excluding hydrogens is 324 g/mol. The van der Waals surface area contributed by atoms with Gasteiger partial charge in [-0.3, -0.25) is 9.59 Å². The highest BCUT2D eigenvalue weighted by Gasteiger charge is 2.06. The topological polar surface area (TPSA) is 58.2 Å². The van der Waals surface area contributed by atoms with E-state index < -0.39 is 0 Å². The first-order valence-corrected chi connectivity index (χ1v) is 8.20. The molecule has 0 saturated heterocycles. The Hall–Kier alpha value is -2.33. The van der Waals surface area contributed by atoms with Gasteiger partial charge in [-0.25, -0.2) is 0 Å². The molecule has 0 radical (unpaired) electrons. The Labute approximate surface area is 147 Å². The first kappa shape index (κ1) is 18.0. The summed E-state index contributed by atoms with van der Waals surface area (Å²) in [4.78, 5) is 23.6. The van der Waals surface area contributed by atoms with Gasteiger partial charge >= 0.3 is 0 Å². The minimum Gasteiger partial charge on any atom is -0.355 e. The minimum absolute atomic E-state index is 0.0305. The second-order valence-electron chi connectivity index (χ2n) is 5.64. The zero-order valence-corrected chi connectivity index (χ0v) is 14.6. The third kappa shape index (κ3) is 5.10. The van der Waals surface area contributed by atoms with Crippen LogP contribution in [0.1, 0.15) is 33.5 Å². The molecule has 0 fully saturated rings. The van der Waals surface area contributed by atoms with Gasteiger partial charge in [0.1, 0.15) is 0 Å². The van der Waals surface area contributed by atoms with Crippen LogP contribution in [0.2, 0.25) is 5.02 Å². The van der Waals surface area contributed by atoms with Gasteiger partial charge in [0.05, 0.1) is 0 Å². The summed E-state index contributed by atoms with van der Waals surface area (Å²) in [6.45, 7) is 2.35. The summed E-state index contributed by atoms with van der Waals surface area (Å²) in [7, 11) is 1.59. The number of benzene rings is 2. The molecule has 2 aromatic rings. The van der Waals surface area contributed by atoms with Crippen LogP contribution in [0.5, 0.6) is 0 Å². The lowest BCUT2D eigenvalue weighted by Crippen LogP contribution is -2.23. The van der Waals surface area contributed by atoms with Crippen LogP contribution in [0.15, 0.2) is 42.5 Å². The van der Waals surface area contributed by atoms with Gasteiger partial charge in [-0.2, -0.15) is 0 Å². The van der Waals surface area contributed by atoms with Gasteiger partial charge < -0.3 is 10.6 Å². The number of aryl methyl sites for hydroxylation is 2. The SMILES string of the molecule is CNC(=O)c1cccc(CNC(=O)CCc2ccc(C)c(Cl)c2)c1. The number of amides is 2. The van der Waals surface area contributed by atoms with E-state index in [4.69, 9.17) is 11.6 Å². The maximum absolute atomic E-state index is 12.0. The number of halogens is 1. The standard InChI is InChI=1S/C19H21ClN2O2/c1-13-6-7-14(11-17(13)20)8-9-18(23)22-12-15-4-3-5-16(10-15)19(24)21-2/h3-7,10-11H,8-9,12H2,1-2H3,(H,21,24)(H,22,23). The van der Waals surface area contributed by atoms with Crippen LogP contribution < -0.4 is 10.6 Å². The van der Waals surface area contributed by atoms with E-state index >= 15 is 0 Å². The normalized spacial score (nSPS) is 10.3. The summed E-state index contributed by atoms with van der Waals surface area (Å²) in [6, 6.07) is 13.1. The zero-order valence-electron chi connectivity index (χ0n) is 13.9.